The van der Waals surface area contributed by atoms with Crippen molar-refractivity contribution in [3.8, 4) is 0 Å². The molecular weight excluding hydrogens is 119 g/mol. The van der Waals surface area contributed by atoms with Crippen molar-refractivity contribution in [3.05, 3.63) is 0 Å². The van der Waals surface area contributed by atoms with Gasteiger partial charge in [0, 0.05) is 6.42 Å². The molecule has 0 unspecified atom stereocenters. The van der Waals surface area contributed by atoms with E-state index in [1.165, 1.54) is 0 Å². The van der Waals surface area contributed by atoms with Crippen LogP contribution in [0.15, 0.2) is 0 Å². The van der Waals surface area contributed by atoms with Crippen LogP contribution in [0.25, 0.3) is 0 Å². The number of hydrogen-bond acceptors (Lipinski definition) is 3. The maximum absolute atomic E-state index is 9.94. The monoisotopic (exact) mass is 128 g/mol. The SMILES string of the molecule is CCCC(=O)OO.[NaH]. The molecule has 0 bridgehead atoms. The fourth-order valence-corrected chi connectivity index (χ4v) is 0.250. The van der Waals surface area contributed by atoms with Crippen LogP contribution >= 0.6 is 0 Å². The van der Waals surface area contributed by atoms with E-state index in [4.69, 9.17) is 5.26 Å². The molecule has 0 aromatic rings. The third-order valence-electron chi connectivity index (χ3n) is 0.556. The summed E-state index contributed by atoms with van der Waals surface area (Å²) in [5.74, 6) is -0.567. The van der Waals surface area contributed by atoms with Gasteiger partial charge in [0.25, 0.3) is 0 Å². The molecule has 0 fully saturated rings. The summed E-state index contributed by atoms with van der Waals surface area (Å²) in [5, 5.41) is 7.62. The molecule has 0 saturated carbocycles. The van der Waals surface area contributed by atoms with Gasteiger partial charge in [-0.3, -0.25) is 0 Å². The molecule has 0 aromatic carbocycles. The average molecular weight is 128 g/mol. The van der Waals surface area contributed by atoms with Gasteiger partial charge in [-0.05, 0) is 6.42 Å². The molecule has 3 nitrogen and oxygen atoms in total. The van der Waals surface area contributed by atoms with Crippen LogP contribution in [0.4, 0.5) is 0 Å². The molecule has 8 heavy (non-hydrogen) atoms. The van der Waals surface area contributed by atoms with Crippen LogP contribution in [0, 0.1) is 0 Å². The van der Waals surface area contributed by atoms with Crippen molar-refractivity contribution in [2.24, 2.45) is 0 Å². The Balaban J connectivity index is 0. The van der Waals surface area contributed by atoms with E-state index in [-0.39, 0.29) is 36.0 Å². The first-order valence-corrected chi connectivity index (χ1v) is 2.15. The molecule has 0 spiro atoms. The third kappa shape index (κ3) is 6.43. The fourth-order valence-electron chi connectivity index (χ4n) is 0.250. The summed E-state index contributed by atoms with van der Waals surface area (Å²) >= 11 is 0. The molecule has 0 aliphatic rings. The first kappa shape index (κ1) is 11.3. The quantitative estimate of drug-likeness (QED) is 0.327. The summed E-state index contributed by atoms with van der Waals surface area (Å²) in [4.78, 5) is 13.3. The molecule has 0 rings (SSSR count). The van der Waals surface area contributed by atoms with Crippen LogP contribution in [0.1, 0.15) is 19.8 Å². The zero-order valence-electron chi connectivity index (χ0n) is 4.18. The van der Waals surface area contributed by atoms with Crippen LogP contribution in [0.2, 0.25) is 0 Å². The minimum atomic E-state index is -0.567. The minimum absolute atomic E-state index is 0. The van der Waals surface area contributed by atoms with Gasteiger partial charge in [0.05, 0.1) is 0 Å². The van der Waals surface area contributed by atoms with E-state index in [1.807, 2.05) is 6.92 Å². The standard InChI is InChI=1S/C4H8O3.Na.H/c1-2-3-4(5)7-6;;/h6H,2-3H2,1H3;;. The Bertz CT molecular complexity index is 64.3. The van der Waals surface area contributed by atoms with Gasteiger partial charge in [0.1, 0.15) is 0 Å². The number of hydrogen-bond donors (Lipinski definition) is 1. The van der Waals surface area contributed by atoms with Crippen molar-refractivity contribution in [2.75, 3.05) is 0 Å². The second-order valence-corrected chi connectivity index (χ2v) is 1.21. The van der Waals surface area contributed by atoms with E-state index in [0.717, 1.165) is 0 Å². The Kier molecular flexibility index (Phi) is 10.5. The Morgan fingerprint density at radius 3 is 2.38 bits per heavy atom. The van der Waals surface area contributed by atoms with E-state index in [1.54, 1.807) is 0 Å². The average Bonchev–Trinajstić information content (AvgIpc) is 1.68. The van der Waals surface area contributed by atoms with Crippen LogP contribution < -0.4 is 0 Å². The summed E-state index contributed by atoms with van der Waals surface area (Å²) in [6.07, 6.45) is 0.996. The van der Waals surface area contributed by atoms with Gasteiger partial charge >= 0.3 is 35.5 Å². The van der Waals surface area contributed by atoms with Crippen molar-refractivity contribution in [2.45, 2.75) is 19.8 Å². The van der Waals surface area contributed by atoms with E-state index in [9.17, 15) is 4.79 Å². The summed E-state index contributed by atoms with van der Waals surface area (Å²) in [7, 11) is 0. The normalized spacial score (nSPS) is 7.25. The summed E-state index contributed by atoms with van der Waals surface area (Å²) < 4.78 is 0. The maximum atomic E-state index is 9.94. The van der Waals surface area contributed by atoms with Gasteiger partial charge in [-0.15, -0.1) is 0 Å². The second kappa shape index (κ2) is 7.43. The summed E-state index contributed by atoms with van der Waals surface area (Å²) in [5.41, 5.74) is 0. The van der Waals surface area contributed by atoms with E-state index >= 15 is 0 Å². The van der Waals surface area contributed by atoms with Crippen molar-refractivity contribution in [1.82, 2.24) is 0 Å². The van der Waals surface area contributed by atoms with Crippen LogP contribution in [-0.4, -0.2) is 40.8 Å². The Morgan fingerprint density at radius 1 is 1.75 bits per heavy atom. The molecule has 0 aliphatic heterocycles. The molecule has 4 heteroatoms. The van der Waals surface area contributed by atoms with Gasteiger partial charge in [-0.1, -0.05) is 6.92 Å². The molecule has 0 amide bonds. The van der Waals surface area contributed by atoms with Crippen molar-refractivity contribution < 1.29 is 14.9 Å². The molecular formula is C4H9NaO3. The van der Waals surface area contributed by atoms with E-state index < -0.39 is 5.97 Å². The Labute approximate surface area is 70.2 Å². The first-order chi connectivity index (χ1) is 3.31. The summed E-state index contributed by atoms with van der Waals surface area (Å²) in [6, 6.07) is 0. The van der Waals surface area contributed by atoms with E-state index in [0.29, 0.717) is 6.42 Å². The molecule has 1 N–H and O–H groups in total. The topological polar surface area (TPSA) is 46.5 Å². The molecule has 0 aliphatic carbocycles. The van der Waals surface area contributed by atoms with Gasteiger partial charge < -0.3 is 4.89 Å². The van der Waals surface area contributed by atoms with Gasteiger partial charge in [-0.25, -0.2) is 4.79 Å². The number of carbonyl (C=O) groups excluding carboxylic acids is 1. The molecule has 0 aromatic heterocycles. The Morgan fingerprint density at radius 2 is 2.25 bits per heavy atom. The predicted octanol–water partition coefficient (Wildman–Crippen LogP) is 0.154. The summed E-state index contributed by atoms with van der Waals surface area (Å²) in [6.45, 7) is 1.83. The molecule has 0 atom stereocenters. The second-order valence-electron chi connectivity index (χ2n) is 1.21. The van der Waals surface area contributed by atoms with Gasteiger partial charge in [-0.2, -0.15) is 5.26 Å². The molecule has 0 radical (unpaired) electrons. The zero-order chi connectivity index (χ0) is 5.70. The molecule has 0 heterocycles. The first-order valence-electron chi connectivity index (χ1n) is 2.15. The molecule has 0 saturated heterocycles. The number of rotatable bonds is 2. The van der Waals surface area contributed by atoms with Gasteiger partial charge in [0.2, 0.25) is 0 Å². The van der Waals surface area contributed by atoms with Crippen molar-refractivity contribution >= 4 is 35.5 Å². The van der Waals surface area contributed by atoms with Gasteiger partial charge in [0.15, 0.2) is 0 Å². The van der Waals surface area contributed by atoms with Crippen molar-refractivity contribution in [3.63, 3.8) is 0 Å². The number of carbonyl (C=O) groups is 1. The fraction of sp³-hybridized carbons (Fsp3) is 0.750. The van der Waals surface area contributed by atoms with E-state index in [2.05, 4.69) is 4.89 Å². The van der Waals surface area contributed by atoms with Crippen LogP contribution in [0.5, 0.6) is 0 Å². The van der Waals surface area contributed by atoms with Crippen molar-refractivity contribution in [1.29, 1.82) is 0 Å². The van der Waals surface area contributed by atoms with Crippen LogP contribution in [-0.2, 0) is 9.68 Å². The van der Waals surface area contributed by atoms with Crippen LogP contribution in [0.3, 0.4) is 0 Å². The zero-order valence-corrected chi connectivity index (χ0v) is 4.18. The molecule has 44 valence electrons. The third-order valence-corrected chi connectivity index (χ3v) is 0.556. The predicted molar refractivity (Wildman–Crippen MR) is 30.8 cm³/mol. The Hall–Kier alpha value is 0.430.